The average Bonchev–Trinajstić information content (AvgIpc) is 3.12. The molecule has 0 atom stereocenters. The monoisotopic (exact) mass is 740 g/mol. The summed E-state index contributed by atoms with van der Waals surface area (Å²) >= 11 is 0. The minimum atomic E-state index is -4.47. The molecule has 0 unspecified atom stereocenters. The molecule has 0 spiro atoms. The Morgan fingerprint density at radius 1 is 0.442 bits per heavy atom. The summed E-state index contributed by atoms with van der Waals surface area (Å²) in [6.07, 6.45) is 0. The highest BCUT2D eigenvalue weighted by Gasteiger charge is 2.17. The van der Waals surface area contributed by atoms with Crippen molar-refractivity contribution in [3.05, 3.63) is 154 Å². The Kier molecular flexibility index (Phi) is 9.55. The first-order valence-corrected chi connectivity index (χ1v) is 17.8. The van der Waals surface area contributed by atoms with Gasteiger partial charge in [0.2, 0.25) is 0 Å². The van der Waals surface area contributed by atoms with Gasteiger partial charge >= 0.3 is 0 Å². The van der Waals surface area contributed by atoms with Crippen LogP contribution in [0.5, 0.6) is 23.0 Å². The van der Waals surface area contributed by atoms with E-state index >= 15 is 0 Å². The molecule has 0 radical (unpaired) electrons. The van der Waals surface area contributed by atoms with Gasteiger partial charge in [0.1, 0.15) is 23.0 Å². The first-order valence-electron chi connectivity index (χ1n) is 14.9. The van der Waals surface area contributed by atoms with E-state index in [9.17, 15) is 46.2 Å². The number of nitrogens with zero attached hydrogens (tertiary/aromatic N) is 2. The van der Waals surface area contributed by atoms with Gasteiger partial charge in [0, 0.05) is 35.4 Å². The predicted molar refractivity (Wildman–Crippen MR) is 189 cm³/mol. The fraction of sp³-hybridized carbons (Fsp3) is 0. The van der Waals surface area contributed by atoms with Crippen molar-refractivity contribution in [3.8, 4) is 56.4 Å². The summed E-state index contributed by atoms with van der Waals surface area (Å²) in [7, 11) is -8.95. The van der Waals surface area contributed by atoms with E-state index in [1.54, 1.807) is 36.4 Å². The molecule has 0 heterocycles. The van der Waals surface area contributed by atoms with Gasteiger partial charge in [-0.3, -0.25) is 29.3 Å². The van der Waals surface area contributed by atoms with Gasteiger partial charge in [-0.1, -0.05) is 36.4 Å². The topological polar surface area (TPSA) is 213 Å². The van der Waals surface area contributed by atoms with Crippen LogP contribution in [-0.2, 0) is 20.2 Å². The summed E-state index contributed by atoms with van der Waals surface area (Å²) in [6, 6.07) is 32.0. The lowest BCUT2D eigenvalue weighted by Crippen LogP contribution is -1.98. The zero-order chi connectivity index (χ0) is 37.2. The third-order valence-electron chi connectivity index (χ3n) is 7.77. The second-order valence-electron chi connectivity index (χ2n) is 11.1. The minimum absolute atomic E-state index is 0.131. The van der Waals surface area contributed by atoms with Crippen LogP contribution >= 0.6 is 0 Å². The molecule has 2 N–H and O–H groups in total. The Hall–Kier alpha value is -6.46. The third kappa shape index (κ3) is 7.95. The summed E-state index contributed by atoms with van der Waals surface area (Å²) < 4.78 is 78.0. The quantitative estimate of drug-likeness (QED) is 0.0726. The lowest BCUT2D eigenvalue weighted by atomic mass is 9.95. The highest BCUT2D eigenvalue weighted by Crippen LogP contribution is 2.41. The molecular formula is C36H24N2O12S2. The fourth-order valence-corrected chi connectivity index (χ4v) is 6.15. The van der Waals surface area contributed by atoms with Gasteiger partial charge in [-0.15, -0.1) is 0 Å². The Morgan fingerprint density at radius 3 is 1.04 bits per heavy atom. The Morgan fingerprint density at radius 2 is 0.750 bits per heavy atom. The number of non-ortho nitro benzene ring substituents is 2. The van der Waals surface area contributed by atoms with Crippen molar-refractivity contribution in [2.75, 3.05) is 0 Å². The molecule has 0 aliphatic heterocycles. The standard InChI is InChI=1S/C36H24N2O12S2/c39-37(40)27-7-11-29(12-8-27)49-35-19-5-25(21-33(35)23-1-15-31(16-2-23)51(43,44)45)26-6-20-36(50-30-13-9-28(10-14-30)38(41)42)34(22-26)24-3-17-32(18-4-24)52(46,47)48/h1-22H,(H,43,44,45)(H,46,47,48). The van der Waals surface area contributed by atoms with E-state index in [0.29, 0.717) is 44.9 Å². The maximum atomic E-state index is 11.7. The van der Waals surface area contributed by atoms with Gasteiger partial charge < -0.3 is 9.47 Å². The molecule has 0 aliphatic rings. The van der Waals surface area contributed by atoms with Crippen LogP contribution in [-0.4, -0.2) is 35.8 Å². The Bertz CT molecular complexity index is 2360. The van der Waals surface area contributed by atoms with E-state index in [0.717, 1.165) is 0 Å². The molecule has 6 rings (SSSR count). The number of hydrogen-bond donors (Lipinski definition) is 2. The van der Waals surface area contributed by atoms with E-state index in [1.165, 1.54) is 97.1 Å². The lowest BCUT2D eigenvalue weighted by Gasteiger charge is -2.16. The maximum absolute atomic E-state index is 11.7. The van der Waals surface area contributed by atoms with Crippen LogP contribution in [0.1, 0.15) is 0 Å². The zero-order valence-corrected chi connectivity index (χ0v) is 28.0. The van der Waals surface area contributed by atoms with E-state index in [-0.39, 0.29) is 32.7 Å². The molecule has 0 aliphatic carbocycles. The number of rotatable bonds is 11. The number of benzene rings is 6. The summed E-state index contributed by atoms with van der Waals surface area (Å²) in [4.78, 5) is 20.5. The van der Waals surface area contributed by atoms with Crippen molar-refractivity contribution in [1.29, 1.82) is 0 Å². The molecule has 6 aromatic rings. The van der Waals surface area contributed by atoms with Crippen molar-refractivity contribution in [1.82, 2.24) is 0 Å². The van der Waals surface area contributed by atoms with Gasteiger partial charge in [-0.2, -0.15) is 16.8 Å². The van der Waals surface area contributed by atoms with Crippen LogP contribution < -0.4 is 9.47 Å². The van der Waals surface area contributed by atoms with Crippen LogP contribution in [0.3, 0.4) is 0 Å². The van der Waals surface area contributed by atoms with Crippen molar-refractivity contribution < 1.29 is 45.3 Å². The van der Waals surface area contributed by atoms with Crippen LogP contribution in [0.2, 0.25) is 0 Å². The van der Waals surface area contributed by atoms with Crippen LogP contribution in [0.25, 0.3) is 33.4 Å². The molecule has 16 heteroatoms. The number of nitro benzene ring substituents is 2. The smallest absolute Gasteiger partial charge is 0.294 e. The van der Waals surface area contributed by atoms with Crippen LogP contribution in [0.15, 0.2) is 143 Å². The van der Waals surface area contributed by atoms with E-state index in [4.69, 9.17) is 9.47 Å². The second kappa shape index (κ2) is 14.0. The first-order chi connectivity index (χ1) is 24.7. The van der Waals surface area contributed by atoms with Crippen molar-refractivity contribution >= 4 is 31.6 Å². The number of nitro groups is 2. The van der Waals surface area contributed by atoms with Crippen molar-refractivity contribution in [2.24, 2.45) is 0 Å². The van der Waals surface area contributed by atoms with Crippen molar-refractivity contribution in [3.63, 3.8) is 0 Å². The Balaban J connectivity index is 1.45. The molecule has 52 heavy (non-hydrogen) atoms. The molecule has 262 valence electrons. The highest BCUT2D eigenvalue weighted by molar-refractivity contribution is 7.86. The Labute approximate surface area is 296 Å². The summed E-state index contributed by atoms with van der Waals surface area (Å²) in [5, 5.41) is 22.3. The van der Waals surface area contributed by atoms with Gasteiger partial charge in [-0.25, -0.2) is 0 Å². The summed E-state index contributed by atoms with van der Waals surface area (Å²) in [5.41, 5.74) is 3.01. The number of ether oxygens (including phenoxy) is 2. The number of hydrogen-bond acceptors (Lipinski definition) is 10. The third-order valence-corrected chi connectivity index (χ3v) is 9.51. The fourth-order valence-electron chi connectivity index (χ4n) is 5.19. The molecule has 6 aromatic carbocycles. The summed E-state index contributed by atoms with van der Waals surface area (Å²) in [6.45, 7) is 0. The molecule has 0 saturated carbocycles. The van der Waals surface area contributed by atoms with Crippen LogP contribution in [0.4, 0.5) is 11.4 Å². The normalized spacial score (nSPS) is 11.5. The minimum Gasteiger partial charge on any atom is -0.457 e. The van der Waals surface area contributed by atoms with E-state index in [1.807, 2.05) is 0 Å². The molecule has 14 nitrogen and oxygen atoms in total. The van der Waals surface area contributed by atoms with Crippen LogP contribution in [0, 0.1) is 20.2 Å². The van der Waals surface area contributed by atoms with Crippen molar-refractivity contribution in [2.45, 2.75) is 9.79 Å². The predicted octanol–water partition coefficient (Wildman–Crippen LogP) is 8.58. The molecule has 0 bridgehead atoms. The first kappa shape index (κ1) is 35.4. The maximum Gasteiger partial charge on any atom is 0.294 e. The van der Waals surface area contributed by atoms with Gasteiger partial charge in [0.25, 0.3) is 31.6 Å². The average molecular weight is 741 g/mol. The molecular weight excluding hydrogens is 717 g/mol. The lowest BCUT2D eigenvalue weighted by molar-refractivity contribution is -0.385. The second-order valence-corrected chi connectivity index (χ2v) is 14.0. The molecule has 0 aromatic heterocycles. The van der Waals surface area contributed by atoms with E-state index < -0.39 is 30.1 Å². The zero-order valence-electron chi connectivity index (χ0n) is 26.4. The van der Waals surface area contributed by atoms with Gasteiger partial charge in [0.15, 0.2) is 0 Å². The SMILES string of the molecule is O=[N+]([O-])c1ccc(Oc2ccc(-c3ccc(Oc4ccc([N+](=O)[O-])cc4)c(-c4ccc(S(=O)(=O)O)cc4)c3)cc2-c2ccc(S(=O)(=O)O)cc2)cc1. The van der Waals surface area contributed by atoms with E-state index in [2.05, 4.69) is 0 Å². The largest absolute Gasteiger partial charge is 0.457 e. The molecule has 0 fully saturated rings. The van der Waals surface area contributed by atoms with Gasteiger partial charge in [0.05, 0.1) is 19.6 Å². The molecule has 0 saturated heterocycles. The molecule has 0 amide bonds. The highest BCUT2D eigenvalue weighted by atomic mass is 32.2. The summed E-state index contributed by atoms with van der Waals surface area (Å²) in [5.74, 6) is 1.21. The van der Waals surface area contributed by atoms with Gasteiger partial charge in [-0.05, 0) is 95.1 Å².